The van der Waals surface area contributed by atoms with Crippen molar-refractivity contribution < 1.29 is 19.1 Å². The summed E-state index contributed by atoms with van der Waals surface area (Å²) in [7, 11) is 0. The zero-order chi connectivity index (χ0) is 21.5. The van der Waals surface area contributed by atoms with E-state index in [4.69, 9.17) is 21.7 Å². The van der Waals surface area contributed by atoms with Gasteiger partial charge in [0.25, 0.3) is 0 Å². The first-order chi connectivity index (χ1) is 14.5. The third kappa shape index (κ3) is 5.17. The number of fused-ring (bicyclic) bond motifs is 1. The predicted octanol–water partition coefficient (Wildman–Crippen LogP) is 5.18. The number of carbonyl (C=O) groups is 2. The summed E-state index contributed by atoms with van der Waals surface area (Å²) in [5.74, 6) is -0.743. The van der Waals surface area contributed by atoms with E-state index in [1.54, 1.807) is 43.4 Å². The molecule has 0 amide bonds. The summed E-state index contributed by atoms with van der Waals surface area (Å²) in [4.78, 5) is 26.1. The minimum atomic E-state index is -0.418. The standard InChI is InChI=1S/C22H26N2O4S2/c1-3-27-20(25)14-10-8-9-12-16(14)23-22(29)24-19-18(21(26)28-4-2)15-11-6-5-7-13-17(15)30-19/h8-10,12H,3-7,11,13H2,1-2H3,(H2,23,24,29). The van der Waals surface area contributed by atoms with E-state index in [2.05, 4.69) is 10.6 Å². The van der Waals surface area contributed by atoms with Gasteiger partial charge in [-0.05, 0) is 69.4 Å². The van der Waals surface area contributed by atoms with Crippen molar-refractivity contribution in [1.29, 1.82) is 0 Å². The molecular weight excluding hydrogens is 420 g/mol. The molecule has 160 valence electrons. The van der Waals surface area contributed by atoms with E-state index in [0.29, 0.717) is 40.1 Å². The van der Waals surface area contributed by atoms with Crippen LogP contribution in [0.15, 0.2) is 24.3 Å². The Labute approximate surface area is 186 Å². The summed E-state index contributed by atoms with van der Waals surface area (Å²) in [6.45, 7) is 4.17. The molecule has 3 rings (SSSR count). The van der Waals surface area contributed by atoms with Crippen LogP contribution in [0.5, 0.6) is 0 Å². The van der Waals surface area contributed by atoms with E-state index >= 15 is 0 Å². The molecule has 0 saturated carbocycles. The van der Waals surface area contributed by atoms with Gasteiger partial charge in [-0.25, -0.2) is 9.59 Å². The first-order valence-corrected chi connectivity index (χ1v) is 11.4. The van der Waals surface area contributed by atoms with Crippen molar-refractivity contribution in [2.75, 3.05) is 23.8 Å². The third-order valence-electron chi connectivity index (χ3n) is 4.80. The Kier molecular flexibility index (Phi) is 7.81. The maximum Gasteiger partial charge on any atom is 0.341 e. The summed E-state index contributed by atoms with van der Waals surface area (Å²) < 4.78 is 10.4. The monoisotopic (exact) mass is 446 g/mol. The zero-order valence-corrected chi connectivity index (χ0v) is 18.8. The van der Waals surface area contributed by atoms with Crippen LogP contribution >= 0.6 is 23.6 Å². The van der Waals surface area contributed by atoms with E-state index in [1.807, 2.05) is 6.07 Å². The molecular formula is C22H26N2O4S2. The number of benzene rings is 1. The van der Waals surface area contributed by atoms with Crippen molar-refractivity contribution in [2.24, 2.45) is 0 Å². The highest BCUT2D eigenvalue weighted by atomic mass is 32.1. The number of thiocarbonyl (C=S) groups is 1. The van der Waals surface area contributed by atoms with Crippen molar-refractivity contribution in [3.8, 4) is 0 Å². The van der Waals surface area contributed by atoms with Gasteiger partial charge in [0.15, 0.2) is 5.11 Å². The molecule has 1 aliphatic carbocycles. The number of hydrogen-bond acceptors (Lipinski definition) is 6. The van der Waals surface area contributed by atoms with Crippen molar-refractivity contribution in [1.82, 2.24) is 0 Å². The average molecular weight is 447 g/mol. The lowest BCUT2D eigenvalue weighted by atomic mass is 10.1. The molecule has 2 aromatic rings. The van der Waals surface area contributed by atoms with Gasteiger partial charge in [-0.3, -0.25) is 0 Å². The van der Waals surface area contributed by atoms with Crippen LogP contribution in [0.1, 0.15) is 64.3 Å². The fraction of sp³-hybridized carbons (Fsp3) is 0.409. The quantitative estimate of drug-likeness (QED) is 0.360. The zero-order valence-electron chi connectivity index (χ0n) is 17.2. The van der Waals surface area contributed by atoms with Crippen molar-refractivity contribution in [3.63, 3.8) is 0 Å². The van der Waals surface area contributed by atoms with Gasteiger partial charge in [0.2, 0.25) is 0 Å². The van der Waals surface area contributed by atoms with Crippen molar-refractivity contribution in [2.45, 2.75) is 46.0 Å². The predicted molar refractivity (Wildman–Crippen MR) is 124 cm³/mol. The van der Waals surface area contributed by atoms with Gasteiger partial charge in [-0.2, -0.15) is 0 Å². The number of aryl methyl sites for hydroxylation is 1. The molecule has 0 fully saturated rings. The van der Waals surface area contributed by atoms with Crippen LogP contribution in [0.25, 0.3) is 0 Å². The second-order valence-electron chi connectivity index (χ2n) is 6.83. The van der Waals surface area contributed by atoms with Crippen molar-refractivity contribution in [3.05, 3.63) is 45.8 Å². The molecule has 30 heavy (non-hydrogen) atoms. The van der Waals surface area contributed by atoms with Gasteiger partial charge < -0.3 is 20.1 Å². The molecule has 1 aromatic heterocycles. The highest BCUT2D eigenvalue weighted by Crippen LogP contribution is 2.38. The lowest BCUT2D eigenvalue weighted by Gasteiger charge is -2.14. The second-order valence-corrected chi connectivity index (χ2v) is 8.35. The van der Waals surface area contributed by atoms with E-state index in [1.165, 1.54) is 4.88 Å². The Morgan fingerprint density at radius 3 is 2.47 bits per heavy atom. The largest absolute Gasteiger partial charge is 0.462 e. The Balaban J connectivity index is 1.84. The van der Waals surface area contributed by atoms with Crippen LogP contribution in [0.3, 0.4) is 0 Å². The van der Waals surface area contributed by atoms with Gasteiger partial charge in [0.1, 0.15) is 5.00 Å². The number of nitrogens with one attached hydrogen (secondary N) is 2. The van der Waals surface area contributed by atoms with E-state index in [-0.39, 0.29) is 5.97 Å². The molecule has 8 heteroatoms. The topological polar surface area (TPSA) is 76.7 Å². The summed E-state index contributed by atoms with van der Waals surface area (Å²) in [6.07, 6.45) is 5.17. The molecule has 0 atom stereocenters. The first-order valence-electron chi connectivity index (χ1n) is 10.2. The summed E-state index contributed by atoms with van der Waals surface area (Å²) >= 11 is 7.04. The lowest BCUT2D eigenvalue weighted by Crippen LogP contribution is -2.22. The molecule has 0 unspecified atom stereocenters. The van der Waals surface area contributed by atoms with Crippen LogP contribution in [-0.4, -0.2) is 30.3 Å². The van der Waals surface area contributed by atoms with Gasteiger partial charge >= 0.3 is 11.9 Å². The number of anilines is 2. The Bertz CT molecular complexity index is 939. The minimum absolute atomic E-state index is 0.291. The number of ether oxygens (including phenoxy) is 2. The van der Waals surface area contributed by atoms with Crippen LogP contribution in [0.2, 0.25) is 0 Å². The molecule has 6 nitrogen and oxygen atoms in total. The molecule has 2 N–H and O–H groups in total. The minimum Gasteiger partial charge on any atom is -0.462 e. The van der Waals surface area contributed by atoms with Crippen LogP contribution in [0.4, 0.5) is 10.7 Å². The molecule has 1 heterocycles. The molecule has 0 saturated heterocycles. The summed E-state index contributed by atoms with van der Waals surface area (Å²) in [5.41, 5.74) is 2.61. The summed E-state index contributed by atoms with van der Waals surface area (Å²) in [5, 5.41) is 7.21. The third-order valence-corrected chi connectivity index (χ3v) is 6.21. The molecule has 0 aliphatic heterocycles. The van der Waals surface area contributed by atoms with Crippen molar-refractivity contribution >= 4 is 51.3 Å². The second kappa shape index (κ2) is 10.5. The van der Waals surface area contributed by atoms with Gasteiger partial charge in [0, 0.05) is 4.88 Å². The Morgan fingerprint density at radius 2 is 1.70 bits per heavy atom. The first kappa shape index (κ1) is 22.2. The maximum atomic E-state index is 12.7. The average Bonchev–Trinajstić information content (AvgIpc) is 2.89. The van der Waals surface area contributed by atoms with Gasteiger partial charge in [-0.15, -0.1) is 11.3 Å². The van der Waals surface area contributed by atoms with Crippen LogP contribution in [-0.2, 0) is 22.3 Å². The molecule has 1 aromatic carbocycles. The van der Waals surface area contributed by atoms with E-state index < -0.39 is 5.97 Å². The van der Waals surface area contributed by atoms with Gasteiger partial charge in [0.05, 0.1) is 30.0 Å². The molecule has 0 spiro atoms. The van der Waals surface area contributed by atoms with Crippen LogP contribution < -0.4 is 10.6 Å². The number of thiophene rings is 1. The van der Waals surface area contributed by atoms with E-state index in [9.17, 15) is 9.59 Å². The fourth-order valence-corrected chi connectivity index (χ4v) is 5.04. The Hall–Kier alpha value is -2.45. The van der Waals surface area contributed by atoms with Gasteiger partial charge in [-0.1, -0.05) is 18.6 Å². The number of hydrogen-bond donors (Lipinski definition) is 2. The molecule has 0 radical (unpaired) electrons. The normalized spacial score (nSPS) is 13.0. The van der Waals surface area contributed by atoms with Crippen LogP contribution in [0, 0.1) is 0 Å². The molecule has 1 aliphatic rings. The smallest absolute Gasteiger partial charge is 0.341 e. The highest BCUT2D eigenvalue weighted by molar-refractivity contribution is 7.80. The number of rotatable bonds is 6. The van der Waals surface area contributed by atoms with E-state index in [0.717, 1.165) is 37.7 Å². The highest BCUT2D eigenvalue weighted by Gasteiger charge is 2.26. The lowest BCUT2D eigenvalue weighted by molar-refractivity contribution is 0.0517. The fourth-order valence-electron chi connectivity index (χ4n) is 3.49. The Morgan fingerprint density at radius 1 is 1.00 bits per heavy atom. The number of para-hydroxylation sites is 1. The number of esters is 2. The maximum absolute atomic E-state index is 12.7. The summed E-state index contributed by atoms with van der Waals surface area (Å²) in [6, 6.07) is 7.02. The SMILES string of the molecule is CCOC(=O)c1ccccc1NC(=S)Nc1sc2c(c1C(=O)OCC)CCCCC2. The number of carbonyl (C=O) groups excluding carboxylic acids is 2. The molecule has 0 bridgehead atoms.